The number of hydrogen-bond acceptors (Lipinski definition) is 2. The van der Waals surface area contributed by atoms with Crippen molar-refractivity contribution in [2.24, 2.45) is 10.8 Å². The predicted octanol–water partition coefficient (Wildman–Crippen LogP) is 2.49. The molecule has 0 aliphatic carbocycles. The summed E-state index contributed by atoms with van der Waals surface area (Å²) in [6, 6.07) is 0. The number of carbonyl (C=O) groups excluding carboxylic acids is 1. The van der Waals surface area contributed by atoms with E-state index < -0.39 is 16.8 Å². The Bertz CT molecular complexity index is 237. The molecule has 0 aromatic rings. The first-order valence-corrected chi connectivity index (χ1v) is 5.00. The highest BCUT2D eigenvalue weighted by Gasteiger charge is 2.52. The summed E-state index contributed by atoms with van der Waals surface area (Å²) in [6.07, 6.45) is 0.621. The van der Waals surface area contributed by atoms with E-state index in [1.54, 1.807) is 34.6 Å². The molecule has 0 saturated heterocycles. The maximum atomic E-state index is 11.8. The van der Waals surface area contributed by atoms with Gasteiger partial charge in [-0.2, -0.15) is 0 Å². The number of rotatable bonds is 4. The minimum atomic E-state index is -1.23. The van der Waals surface area contributed by atoms with Gasteiger partial charge in [-0.1, -0.05) is 34.6 Å². The average Bonchev–Trinajstić information content (AvgIpc) is 2.02. The molecule has 82 valence electrons. The summed E-state index contributed by atoms with van der Waals surface area (Å²) in [6.45, 7) is 8.88. The Morgan fingerprint density at radius 3 is 1.64 bits per heavy atom. The van der Waals surface area contributed by atoms with Crippen molar-refractivity contribution in [2.45, 2.75) is 47.5 Å². The van der Waals surface area contributed by atoms with Crippen molar-refractivity contribution in [1.29, 1.82) is 0 Å². The molecule has 1 unspecified atom stereocenters. The van der Waals surface area contributed by atoms with Crippen LogP contribution in [0.4, 0.5) is 0 Å². The highest BCUT2D eigenvalue weighted by Crippen LogP contribution is 2.43. The Morgan fingerprint density at radius 1 is 1.14 bits per heavy atom. The number of ketones is 1. The molecule has 3 nitrogen and oxygen atoms in total. The van der Waals surface area contributed by atoms with Crippen molar-refractivity contribution in [3.63, 3.8) is 0 Å². The lowest BCUT2D eigenvalue weighted by molar-refractivity contribution is -0.163. The molecule has 3 heteroatoms. The Kier molecular flexibility index (Phi) is 3.86. The Balaban J connectivity index is 5.44. The van der Waals surface area contributed by atoms with E-state index >= 15 is 0 Å². The normalized spacial score (nSPS) is 16.1. The van der Waals surface area contributed by atoms with Crippen molar-refractivity contribution < 1.29 is 14.7 Å². The SMILES string of the molecule is CCC(=O)C(CC)(C(=O)O)C(C)(C)C. The third-order valence-electron chi connectivity index (χ3n) is 2.97. The molecular weight excluding hydrogens is 180 g/mol. The van der Waals surface area contributed by atoms with E-state index in [1.165, 1.54) is 0 Å². The number of Topliss-reactive ketones (excluding diaryl/α,β-unsaturated/α-hetero) is 1. The summed E-state index contributed by atoms with van der Waals surface area (Å²) in [5.41, 5.74) is -1.78. The average molecular weight is 200 g/mol. The van der Waals surface area contributed by atoms with Crippen LogP contribution in [0.5, 0.6) is 0 Å². The van der Waals surface area contributed by atoms with Crippen LogP contribution in [0.3, 0.4) is 0 Å². The molecule has 0 rings (SSSR count). The van der Waals surface area contributed by atoms with E-state index in [0.29, 0.717) is 6.42 Å². The van der Waals surface area contributed by atoms with Crippen LogP contribution in [-0.4, -0.2) is 16.9 Å². The van der Waals surface area contributed by atoms with E-state index in [1.807, 2.05) is 0 Å². The van der Waals surface area contributed by atoms with E-state index in [-0.39, 0.29) is 12.2 Å². The largest absolute Gasteiger partial charge is 0.480 e. The number of carboxylic acids is 1. The zero-order valence-corrected chi connectivity index (χ0v) is 9.68. The van der Waals surface area contributed by atoms with Gasteiger partial charge in [0.25, 0.3) is 0 Å². The smallest absolute Gasteiger partial charge is 0.317 e. The molecule has 1 N–H and O–H groups in total. The van der Waals surface area contributed by atoms with Gasteiger partial charge in [0.05, 0.1) is 0 Å². The van der Waals surface area contributed by atoms with Gasteiger partial charge in [-0.15, -0.1) is 0 Å². The molecule has 0 aromatic carbocycles. The summed E-state index contributed by atoms with van der Waals surface area (Å²) >= 11 is 0. The van der Waals surface area contributed by atoms with Gasteiger partial charge in [0, 0.05) is 6.42 Å². The summed E-state index contributed by atoms with van der Waals surface area (Å²) in [7, 11) is 0. The highest BCUT2D eigenvalue weighted by molar-refractivity contribution is 6.03. The lowest BCUT2D eigenvalue weighted by Crippen LogP contribution is -2.48. The molecular formula is C11H20O3. The van der Waals surface area contributed by atoms with Crippen molar-refractivity contribution in [3.05, 3.63) is 0 Å². The zero-order valence-electron chi connectivity index (χ0n) is 9.68. The molecule has 0 saturated carbocycles. The van der Waals surface area contributed by atoms with Gasteiger partial charge in [-0.25, -0.2) is 0 Å². The molecule has 0 aromatic heterocycles. The van der Waals surface area contributed by atoms with Crippen LogP contribution in [0.2, 0.25) is 0 Å². The monoisotopic (exact) mass is 200 g/mol. The zero-order chi connectivity index (χ0) is 11.6. The molecule has 0 aliphatic rings. The molecule has 0 radical (unpaired) electrons. The number of carbonyl (C=O) groups is 2. The topological polar surface area (TPSA) is 54.4 Å². The first-order chi connectivity index (χ1) is 6.24. The van der Waals surface area contributed by atoms with Gasteiger partial charge in [-0.3, -0.25) is 9.59 Å². The second-order valence-electron chi connectivity index (χ2n) is 4.59. The van der Waals surface area contributed by atoms with Crippen LogP contribution < -0.4 is 0 Å². The Morgan fingerprint density at radius 2 is 1.57 bits per heavy atom. The number of carboxylic acid groups (broad SMARTS) is 1. The molecule has 0 fully saturated rings. The quantitative estimate of drug-likeness (QED) is 0.709. The van der Waals surface area contributed by atoms with Gasteiger partial charge in [0.2, 0.25) is 0 Å². The first kappa shape index (κ1) is 13.1. The fourth-order valence-corrected chi connectivity index (χ4v) is 2.04. The summed E-state index contributed by atoms with van der Waals surface area (Å²) in [5, 5.41) is 9.24. The molecule has 0 spiro atoms. The fourth-order valence-electron chi connectivity index (χ4n) is 2.04. The first-order valence-electron chi connectivity index (χ1n) is 5.00. The summed E-state index contributed by atoms with van der Waals surface area (Å²) in [5.74, 6) is -1.18. The minimum absolute atomic E-state index is 0.181. The summed E-state index contributed by atoms with van der Waals surface area (Å²) in [4.78, 5) is 23.1. The van der Waals surface area contributed by atoms with Crippen LogP contribution in [-0.2, 0) is 9.59 Å². The van der Waals surface area contributed by atoms with Gasteiger partial charge in [0.1, 0.15) is 11.2 Å². The third-order valence-corrected chi connectivity index (χ3v) is 2.97. The number of aliphatic carboxylic acids is 1. The van der Waals surface area contributed by atoms with Crippen LogP contribution >= 0.6 is 0 Å². The highest BCUT2D eigenvalue weighted by atomic mass is 16.4. The maximum absolute atomic E-state index is 11.8. The van der Waals surface area contributed by atoms with Crippen molar-refractivity contribution >= 4 is 11.8 Å². The van der Waals surface area contributed by atoms with E-state index in [0.717, 1.165) is 0 Å². The fraction of sp³-hybridized carbons (Fsp3) is 0.818. The molecule has 0 heterocycles. The van der Waals surface area contributed by atoms with E-state index in [4.69, 9.17) is 0 Å². The second-order valence-corrected chi connectivity index (χ2v) is 4.59. The van der Waals surface area contributed by atoms with Crippen LogP contribution in [0, 0.1) is 10.8 Å². The van der Waals surface area contributed by atoms with Crippen molar-refractivity contribution in [1.82, 2.24) is 0 Å². The van der Waals surface area contributed by atoms with Crippen LogP contribution in [0.15, 0.2) is 0 Å². The van der Waals surface area contributed by atoms with Crippen LogP contribution in [0.25, 0.3) is 0 Å². The molecule has 14 heavy (non-hydrogen) atoms. The Labute approximate surface area is 85.5 Å². The lowest BCUT2D eigenvalue weighted by Gasteiger charge is -2.38. The third kappa shape index (κ3) is 1.81. The van der Waals surface area contributed by atoms with Gasteiger partial charge >= 0.3 is 5.97 Å². The van der Waals surface area contributed by atoms with Crippen molar-refractivity contribution in [3.8, 4) is 0 Å². The van der Waals surface area contributed by atoms with E-state index in [9.17, 15) is 14.7 Å². The summed E-state index contributed by atoms with van der Waals surface area (Å²) < 4.78 is 0. The maximum Gasteiger partial charge on any atom is 0.317 e. The van der Waals surface area contributed by atoms with Crippen LogP contribution in [0.1, 0.15) is 47.5 Å². The molecule has 0 amide bonds. The van der Waals surface area contributed by atoms with Gasteiger partial charge < -0.3 is 5.11 Å². The Hall–Kier alpha value is -0.860. The van der Waals surface area contributed by atoms with Gasteiger partial charge in [-0.05, 0) is 11.8 Å². The van der Waals surface area contributed by atoms with Gasteiger partial charge in [0.15, 0.2) is 0 Å². The molecule has 1 atom stereocenters. The lowest BCUT2D eigenvalue weighted by atomic mass is 9.62. The molecule has 0 bridgehead atoms. The standard InChI is InChI=1S/C11H20O3/c1-6-8(12)11(7-2,9(13)14)10(3,4)5/h6-7H2,1-5H3,(H,13,14). The van der Waals surface area contributed by atoms with Crippen molar-refractivity contribution in [2.75, 3.05) is 0 Å². The predicted molar refractivity (Wildman–Crippen MR) is 55.1 cm³/mol. The van der Waals surface area contributed by atoms with E-state index in [2.05, 4.69) is 0 Å². The number of hydrogen-bond donors (Lipinski definition) is 1. The molecule has 0 aliphatic heterocycles. The minimum Gasteiger partial charge on any atom is -0.480 e. The second kappa shape index (κ2) is 4.11.